The van der Waals surface area contributed by atoms with Crippen LogP contribution in [0.25, 0.3) is 0 Å². The van der Waals surface area contributed by atoms with E-state index in [9.17, 15) is 0 Å². The molecular formula is C13H16N2S2. The number of allylic oxidation sites excluding steroid dienone is 2. The lowest BCUT2D eigenvalue weighted by Crippen LogP contribution is -1.84. The van der Waals surface area contributed by atoms with Crippen molar-refractivity contribution in [3.8, 4) is 6.07 Å². The van der Waals surface area contributed by atoms with Gasteiger partial charge in [-0.2, -0.15) is 5.26 Å². The van der Waals surface area contributed by atoms with Crippen LogP contribution in [0.15, 0.2) is 52.8 Å². The van der Waals surface area contributed by atoms with E-state index < -0.39 is 0 Å². The Labute approximate surface area is 113 Å². The van der Waals surface area contributed by atoms with Gasteiger partial charge < -0.3 is 5.32 Å². The van der Waals surface area contributed by atoms with Crippen LogP contribution in [0.3, 0.4) is 0 Å². The number of hydrogen-bond donors (Lipinski definition) is 2. The highest BCUT2D eigenvalue weighted by Crippen LogP contribution is 2.20. The third kappa shape index (κ3) is 6.77. The minimum Gasteiger partial charge on any atom is -0.388 e. The molecule has 0 unspecified atom stereocenters. The zero-order valence-electron chi connectivity index (χ0n) is 9.97. The highest BCUT2D eigenvalue weighted by atomic mass is 32.2. The number of para-hydroxylation sites is 1. The molecule has 1 rings (SSSR count). The molecule has 17 heavy (non-hydrogen) atoms. The van der Waals surface area contributed by atoms with Crippen LogP contribution < -0.4 is 5.32 Å². The Hall–Kier alpha value is -1.31. The van der Waals surface area contributed by atoms with Gasteiger partial charge in [0.05, 0.1) is 9.81 Å². The quantitative estimate of drug-likeness (QED) is 0.493. The van der Waals surface area contributed by atoms with Crippen LogP contribution in [0.2, 0.25) is 0 Å². The fourth-order valence-corrected chi connectivity index (χ4v) is 1.39. The summed E-state index contributed by atoms with van der Waals surface area (Å²) in [7, 11) is 1.91. The molecule has 1 N–H and O–H groups in total. The third-order valence-corrected chi connectivity index (χ3v) is 3.21. The summed E-state index contributed by atoms with van der Waals surface area (Å²) >= 11 is 5.47. The number of thioether (sulfide) groups is 1. The van der Waals surface area contributed by atoms with E-state index >= 15 is 0 Å². The minimum absolute atomic E-state index is 0.533. The van der Waals surface area contributed by atoms with E-state index in [0.717, 1.165) is 5.69 Å². The Morgan fingerprint density at radius 3 is 2.29 bits per heavy atom. The second-order valence-electron chi connectivity index (χ2n) is 2.85. The summed E-state index contributed by atoms with van der Waals surface area (Å²) in [6, 6.07) is 12.0. The second-order valence-corrected chi connectivity index (χ2v) is 4.42. The summed E-state index contributed by atoms with van der Waals surface area (Å²) in [5.74, 6) is 0. The number of nitrogens with one attached hydrogen (secondary N) is 1. The summed E-state index contributed by atoms with van der Waals surface area (Å²) in [6.45, 7) is 3.46. The third-order valence-electron chi connectivity index (χ3n) is 1.81. The van der Waals surface area contributed by atoms with Crippen molar-refractivity contribution < 1.29 is 0 Å². The van der Waals surface area contributed by atoms with Crippen molar-refractivity contribution in [2.45, 2.75) is 0 Å². The van der Waals surface area contributed by atoms with Gasteiger partial charge in [-0.05, 0) is 24.5 Å². The van der Waals surface area contributed by atoms with Gasteiger partial charge in [-0.25, -0.2) is 0 Å². The van der Waals surface area contributed by atoms with E-state index in [1.54, 1.807) is 0 Å². The lowest BCUT2D eigenvalue weighted by Gasteiger charge is -1.94. The summed E-state index contributed by atoms with van der Waals surface area (Å²) < 4.78 is 0.715. The van der Waals surface area contributed by atoms with Crippen molar-refractivity contribution in [2.75, 3.05) is 18.6 Å². The second kappa shape index (κ2) is 9.88. The Morgan fingerprint density at radius 2 is 2.06 bits per heavy atom. The number of nitriles is 1. The van der Waals surface area contributed by atoms with Gasteiger partial charge in [0, 0.05) is 12.7 Å². The van der Waals surface area contributed by atoms with Crippen molar-refractivity contribution in [1.82, 2.24) is 0 Å². The van der Waals surface area contributed by atoms with E-state index in [2.05, 4.69) is 24.5 Å². The molecule has 0 aliphatic heterocycles. The number of rotatable bonds is 3. The molecule has 0 saturated carbocycles. The minimum atomic E-state index is 0.533. The Morgan fingerprint density at radius 1 is 1.47 bits per heavy atom. The standard InChI is InChI=1S/C7H9N.C6H7NS2/c1-8-7-5-3-2-4-6-7;1-3-5(4-7)6(8)9-2/h2-6,8H,1H3;3,8H,1H2,2H3/b;6-5+. The van der Waals surface area contributed by atoms with Crippen LogP contribution in [-0.2, 0) is 0 Å². The molecule has 2 nitrogen and oxygen atoms in total. The highest BCUT2D eigenvalue weighted by molar-refractivity contribution is 8.15. The van der Waals surface area contributed by atoms with Gasteiger partial charge in [-0.3, -0.25) is 0 Å². The van der Waals surface area contributed by atoms with Crippen LogP contribution in [-0.4, -0.2) is 13.3 Å². The van der Waals surface area contributed by atoms with Crippen molar-refractivity contribution in [2.24, 2.45) is 0 Å². The molecule has 0 radical (unpaired) electrons. The predicted octanol–water partition coefficient (Wildman–Crippen LogP) is 3.93. The molecule has 0 spiro atoms. The normalized spacial score (nSPS) is 10.2. The summed E-state index contributed by atoms with van der Waals surface area (Å²) in [5.41, 5.74) is 1.69. The molecule has 90 valence electrons. The first-order valence-electron chi connectivity index (χ1n) is 4.92. The molecule has 1 aromatic rings. The largest absolute Gasteiger partial charge is 0.388 e. The van der Waals surface area contributed by atoms with Crippen molar-refractivity contribution >= 4 is 30.1 Å². The monoisotopic (exact) mass is 264 g/mol. The summed E-state index contributed by atoms with van der Waals surface area (Å²) in [4.78, 5) is 0. The lowest BCUT2D eigenvalue weighted by molar-refractivity contribution is 1.50. The van der Waals surface area contributed by atoms with Gasteiger partial charge in [-0.15, -0.1) is 24.4 Å². The molecule has 4 heteroatoms. The Bertz CT molecular complexity index is 405. The van der Waals surface area contributed by atoms with Crippen LogP contribution in [0.4, 0.5) is 5.69 Å². The fraction of sp³-hybridized carbons (Fsp3) is 0.154. The molecule has 0 aliphatic rings. The maximum atomic E-state index is 8.39. The van der Waals surface area contributed by atoms with Crippen LogP contribution in [0.5, 0.6) is 0 Å². The Balaban J connectivity index is 0.000000302. The molecular weight excluding hydrogens is 248 g/mol. The topological polar surface area (TPSA) is 35.8 Å². The maximum Gasteiger partial charge on any atom is 0.101 e. The zero-order valence-corrected chi connectivity index (χ0v) is 11.7. The summed E-state index contributed by atoms with van der Waals surface area (Å²) in [6.07, 6.45) is 3.36. The van der Waals surface area contributed by atoms with E-state index in [1.807, 2.05) is 49.7 Å². The van der Waals surface area contributed by atoms with Gasteiger partial charge in [-0.1, -0.05) is 24.8 Å². The van der Waals surface area contributed by atoms with Crippen molar-refractivity contribution in [3.05, 3.63) is 52.8 Å². The number of benzene rings is 1. The highest BCUT2D eigenvalue weighted by Gasteiger charge is 1.93. The number of anilines is 1. The van der Waals surface area contributed by atoms with E-state index in [-0.39, 0.29) is 0 Å². The number of hydrogen-bond acceptors (Lipinski definition) is 4. The van der Waals surface area contributed by atoms with Crippen molar-refractivity contribution in [3.63, 3.8) is 0 Å². The molecule has 0 aliphatic carbocycles. The summed E-state index contributed by atoms with van der Waals surface area (Å²) in [5, 5.41) is 11.4. The van der Waals surface area contributed by atoms with Gasteiger partial charge in [0.2, 0.25) is 0 Å². The van der Waals surface area contributed by atoms with Gasteiger partial charge in [0.1, 0.15) is 6.07 Å². The SMILES string of the molecule is C=C/C(C#N)=C(/S)SC.CNc1ccccc1. The van der Waals surface area contributed by atoms with Gasteiger partial charge in [0.25, 0.3) is 0 Å². The molecule has 0 bridgehead atoms. The lowest BCUT2D eigenvalue weighted by atomic mass is 10.3. The molecule has 0 fully saturated rings. The molecule has 0 aromatic heterocycles. The molecule has 0 heterocycles. The van der Waals surface area contributed by atoms with Crippen LogP contribution in [0, 0.1) is 11.3 Å². The predicted molar refractivity (Wildman–Crippen MR) is 81.3 cm³/mol. The van der Waals surface area contributed by atoms with Gasteiger partial charge >= 0.3 is 0 Å². The number of nitrogens with zero attached hydrogens (tertiary/aromatic N) is 1. The van der Waals surface area contributed by atoms with Crippen LogP contribution in [0.1, 0.15) is 0 Å². The molecule has 1 aromatic carbocycles. The van der Waals surface area contributed by atoms with E-state index in [1.165, 1.54) is 17.8 Å². The van der Waals surface area contributed by atoms with E-state index in [4.69, 9.17) is 5.26 Å². The average molecular weight is 264 g/mol. The smallest absolute Gasteiger partial charge is 0.101 e. The van der Waals surface area contributed by atoms with Crippen LogP contribution >= 0.6 is 24.4 Å². The van der Waals surface area contributed by atoms with Gasteiger partial charge in [0.15, 0.2) is 0 Å². The fourth-order valence-electron chi connectivity index (χ4n) is 0.896. The molecule has 0 saturated heterocycles. The zero-order chi connectivity index (χ0) is 13.1. The number of thiol groups is 1. The maximum absolute atomic E-state index is 8.39. The van der Waals surface area contributed by atoms with E-state index in [0.29, 0.717) is 9.81 Å². The first kappa shape index (κ1) is 15.7. The first-order valence-corrected chi connectivity index (χ1v) is 6.59. The first-order chi connectivity index (χ1) is 8.19. The molecule has 0 atom stereocenters. The van der Waals surface area contributed by atoms with Crippen molar-refractivity contribution in [1.29, 1.82) is 5.26 Å². The molecule has 0 amide bonds. The Kier molecular flexibility index (Phi) is 9.12. The average Bonchev–Trinajstić information content (AvgIpc) is 2.41.